The third kappa shape index (κ3) is 2.73. The Hall–Kier alpha value is -0.120. The molecule has 0 fully saturated rings. The minimum absolute atomic E-state index is 0.209. The molecular weight excluding hydrogens is 154 g/mol. The summed E-state index contributed by atoms with van der Waals surface area (Å²) < 4.78 is 10.8. The first-order valence-corrected chi connectivity index (χ1v) is 4.44. The van der Waals surface area contributed by atoms with E-state index in [9.17, 15) is 0 Å². The van der Waals surface area contributed by atoms with Gasteiger partial charge in [-0.1, -0.05) is 20.8 Å². The van der Waals surface area contributed by atoms with Crippen LogP contribution in [0.1, 0.15) is 34.6 Å². The van der Waals surface area contributed by atoms with E-state index in [0.29, 0.717) is 13.2 Å². The van der Waals surface area contributed by atoms with Crippen molar-refractivity contribution in [3.63, 3.8) is 0 Å². The van der Waals surface area contributed by atoms with Crippen molar-refractivity contribution in [1.82, 2.24) is 0 Å². The van der Waals surface area contributed by atoms with Crippen molar-refractivity contribution in [2.45, 2.75) is 40.5 Å². The van der Waals surface area contributed by atoms with E-state index in [-0.39, 0.29) is 5.41 Å². The van der Waals surface area contributed by atoms with Crippen LogP contribution in [0.4, 0.5) is 0 Å². The van der Waals surface area contributed by atoms with E-state index in [4.69, 9.17) is 15.2 Å². The lowest BCUT2D eigenvalue weighted by Gasteiger charge is -2.39. The molecule has 0 heterocycles. The Labute approximate surface area is 75.2 Å². The molecule has 0 atom stereocenters. The molecule has 3 heteroatoms. The SMILES string of the molecule is CCOC(N)(OCC)C(C)(C)C. The van der Waals surface area contributed by atoms with E-state index in [1.165, 1.54) is 0 Å². The summed E-state index contributed by atoms with van der Waals surface area (Å²) in [5.41, 5.74) is 5.74. The molecule has 0 radical (unpaired) electrons. The van der Waals surface area contributed by atoms with Gasteiger partial charge < -0.3 is 9.47 Å². The highest BCUT2D eigenvalue weighted by atomic mass is 16.7. The number of ether oxygens (including phenoxy) is 2. The molecule has 0 rings (SSSR count). The molecule has 0 bridgehead atoms. The smallest absolute Gasteiger partial charge is 0.229 e. The van der Waals surface area contributed by atoms with Crippen LogP contribution in [0.15, 0.2) is 0 Å². The molecule has 0 saturated heterocycles. The maximum atomic E-state index is 5.95. The summed E-state index contributed by atoms with van der Waals surface area (Å²) in [6.45, 7) is 10.9. The summed E-state index contributed by atoms with van der Waals surface area (Å²) in [6.07, 6.45) is 0. The summed E-state index contributed by atoms with van der Waals surface area (Å²) in [7, 11) is 0. The second-order valence-corrected chi connectivity index (χ2v) is 3.78. The van der Waals surface area contributed by atoms with Crippen molar-refractivity contribution in [1.29, 1.82) is 0 Å². The lowest BCUT2D eigenvalue weighted by atomic mass is 9.91. The van der Waals surface area contributed by atoms with Crippen molar-refractivity contribution in [2.24, 2.45) is 11.1 Å². The minimum atomic E-state index is -0.962. The number of nitrogens with two attached hydrogens (primary N) is 1. The maximum absolute atomic E-state index is 5.95. The van der Waals surface area contributed by atoms with Crippen LogP contribution in [0.2, 0.25) is 0 Å². The van der Waals surface area contributed by atoms with Crippen molar-refractivity contribution in [2.75, 3.05) is 13.2 Å². The molecule has 2 N–H and O–H groups in total. The van der Waals surface area contributed by atoms with E-state index in [2.05, 4.69) is 0 Å². The lowest BCUT2D eigenvalue weighted by Crippen LogP contribution is -2.55. The maximum Gasteiger partial charge on any atom is 0.229 e. The number of rotatable bonds is 4. The van der Waals surface area contributed by atoms with Crippen LogP contribution in [0, 0.1) is 5.41 Å². The van der Waals surface area contributed by atoms with Crippen molar-refractivity contribution >= 4 is 0 Å². The quantitative estimate of drug-likeness (QED) is 0.662. The molecular formula is C9H21NO2. The van der Waals surface area contributed by atoms with Gasteiger partial charge in [0.2, 0.25) is 5.91 Å². The fourth-order valence-corrected chi connectivity index (χ4v) is 0.904. The molecule has 0 unspecified atom stereocenters. The van der Waals surface area contributed by atoms with Gasteiger partial charge in [0.1, 0.15) is 0 Å². The summed E-state index contributed by atoms with van der Waals surface area (Å²) in [6, 6.07) is 0. The van der Waals surface area contributed by atoms with Crippen LogP contribution in [0.25, 0.3) is 0 Å². The van der Waals surface area contributed by atoms with Gasteiger partial charge >= 0.3 is 0 Å². The number of hydrogen-bond donors (Lipinski definition) is 1. The minimum Gasteiger partial charge on any atom is -0.337 e. The van der Waals surface area contributed by atoms with Crippen molar-refractivity contribution in [3.8, 4) is 0 Å². The van der Waals surface area contributed by atoms with E-state index >= 15 is 0 Å². The predicted octanol–water partition coefficient (Wildman–Crippen LogP) is 1.72. The highest BCUT2D eigenvalue weighted by Crippen LogP contribution is 2.30. The molecule has 0 saturated carbocycles. The summed E-state index contributed by atoms with van der Waals surface area (Å²) in [4.78, 5) is 0. The van der Waals surface area contributed by atoms with Crippen LogP contribution < -0.4 is 5.73 Å². The van der Waals surface area contributed by atoms with Crippen molar-refractivity contribution < 1.29 is 9.47 Å². The van der Waals surface area contributed by atoms with E-state index in [1.807, 2.05) is 34.6 Å². The highest BCUT2D eigenvalue weighted by molar-refractivity contribution is 4.78. The molecule has 0 aliphatic heterocycles. The fraction of sp³-hybridized carbons (Fsp3) is 1.00. The summed E-state index contributed by atoms with van der Waals surface area (Å²) in [5, 5.41) is 0. The van der Waals surface area contributed by atoms with Crippen LogP contribution in [-0.4, -0.2) is 19.1 Å². The summed E-state index contributed by atoms with van der Waals surface area (Å²) in [5.74, 6) is -0.962. The molecule has 0 aromatic carbocycles. The van der Waals surface area contributed by atoms with E-state index in [1.54, 1.807) is 0 Å². The fourth-order valence-electron chi connectivity index (χ4n) is 0.904. The van der Waals surface area contributed by atoms with Crippen LogP contribution >= 0.6 is 0 Å². The Balaban J connectivity index is 4.38. The normalized spacial score (nSPS) is 13.5. The van der Waals surface area contributed by atoms with Gasteiger partial charge in [-0.2, -0.15) is 0 Å². The molecule has 12 heavy (non-hydrogen) atoms. The Kier molecular flexibility index (Phi) is 4.17. The van der Waals surface area contributed by atoms with Crippen molar-refractivity contribution in [3.05, 3.63) is 0 Å². The van der Waals surface area contributed by atoms with Crippen LogP contribution in [-0.2, 0) is 9.47 Å². The molecule has 0 aromatic heterocycles. The predicted molar refractivity (Wildman–Crippen MR) is 49.6 cm³/mol. The largest absolute Gasteiger partial charge is 0.337 e. The first-order chi connectivity index (χ1) is 5.37. The zero-order valence-electron chi connectivity index (χ0n) is 8.81. The standard InChI is InChI=1S/C9H21NO2/c1-6-11-9(10,12-7-2)8(3,4)5/h6-7,10H2,1-5H3. The second-order valence-electron chi connectivity index (χ2n) is 3.78. The van der Waals surface area contributed by atoms with Crippen LogP contribution in [0.3, 0.4) is 0 Å². The molecule has 0 aliphatic carbocycles. The molecule has 0 aromatic rings. The number of hydrogen-bond acceptors (Lipinski definition) is 3. The lowest BCUT2D eigenvalue weighted by molar-refractivity contribution is -0.282. The third-order valence-electron chi connectivity index (χ3n) is 1.76. The van der Waals surface area contributed by atoms with Gasteiger partial charge in [0.15, 0.2) is 0 Å². The summed E-state index contributed by atoms with van der Waals surface area (Å²) >= 11 is 0. The monoisotopic (exact) mass is 175 g/mol. The molecule has 74 valence electrons. The Morgan fingerprint density at radius 1 is 1.00 bits per heavy atom. The molecule has 0 amide bonds. The van der Waals surface area contributed by atoms with Gasteiger partial charge in [-0.05, 0) is 13.8 Å². The first kappa shape index (κ1) is 11.9. The molecule has 0 aliphatic rings. The van der Waals surface area contributed by atoms with Gasteiger partial charge in [0.25, 0.3) is 0 Å². The van der Waals surface area contributed by atoms with Gasteiger partial charge in [-0.3, -0.25) is 5.73 Å². The Morgan fingerprint density at radius 3 is 1.50 bits per heavy atom. The Morgan fingerprint density at radius 2 is 1.33 bits per heavy atom. The van der Waals surface area contributed by atoms with Crippen LogP contribution in [0.5, 0.6) is 0 Å². The van der Waals surface area contributed by atoms with Gasteiger partial charge in [-0.25, -0.2) is 0 Å². The topological polar surface area (TPSA) is 44.5 Å². The second kappa shape index (κ2) is 4.21. The van der Waals surface area contributed by atoms with E-state index in [0.717, 1.165) is 0 Å². The Bertz CT molecular complexity index is 123. The first-order valence-electron chi connectivity index (χ1n) is 4.44. The molecule has 0 spiro atoms. The van der Waals surface area contributed by atoms with Gasteiger partial charge in [-0.15, -0.1) is 0 Å². The average molecular weight is 175 g/mol. The van der Waals surface area contributed by atoms with Gasteiger partial charge in [0.05, 0.1) is 0 Å². The highest BCUT2D eigenvalue weighted by Gasteiger charge is 2.40. The average Bonchev–Trinajstić information content (AvgIpc) is 1.86. The van der Waals surface area contributed by atoms with E-state index < -0.39 is 5.91 Å². The zero-order valence-corrected chi connectivity index (χ0v) is 8.81. The van der Waals surface area contributed by atoms with Gasteiger partial charge in [0, 0.05) is 18.6 Å². The molecule has 3 nitrogen and oxygen atoms in total. The zero-order chi connectivity index (χ0) is 9.83. The third-order valence-corrected chi connectivity index (χ3v) is 1.76.